The molecule has 0 saturated carbocycles. The third-order valence-corrected chi connectivity index (χ3v) is 7.76. The van der Waals surface area contributed by atoms with E-state index in [1.165, 1.54) is 7.11 Å². The number of nitrogens with one attached hydrogen (secondary N) is 1. The highest BCUT2D eigenvalue weighted by Gasteiger charge is 2.31. The lowest BCUT2D eigenvalue weighted by Crippen LogP contribution is -2.44. The molecule has 3 aromatic carbocycles. The minimum atomic E-state index is -1.59. The van der Waals surface area contributed by atoms with E-state index in [1.54, 1.807) is 12.1 Å². The predicted molar refractivity (Wildman–Crippen MR) is 154 cm³/mol. The fraction of sp³-hybridized carbons (Fsp3) is 0.379. The summed E-state index contributed by atoms with van der Waals surface area (Å²) in [5, 5.41) is 15.3. The standard InChI is InChI=1S/C29H34Cl2N2O3Si/c1-29(2,3)14-13-22(19-11-12-23(30)24(31)16-19)28(36-37(5)6)33-27(34)25-21-10-8-7-9-18(21)15-20(17-32)26(25)35-4/h7-12,15-16,22,28,37H,13-14H2,1-6H3,(H,33,34). The van der Waals surface area contributed by atoms with E-state index >= 15 is 0 Å². The van der Waals surface area contributed by atoms with Crippen molar-refractivity contribution in [3.63, 3.8) is 0 Å². The summed E-state index contributed by atoms with van der Waals surface area (Å²) in [4.78, 5) is 13.9. The van der Waals surface area contributed by atoms with E-state index in [1.807, 2.05) is 36.4 Å². The van der Waals surface area contributed by atoms with Gasteiger partial charge in [0.1, 0.15) is 18.0 Å². The molecule has 1 amide bonds. The van der Waals surface area contributed by atoms with Gasteiger partial charge in [-0.15, -0.1) is 0 Å². The van der Waals surface area contributed by atoms with Crippen LogP contribution in [-0.2, 0) is 4.43 Å². The highest BCUT2D eigenvalue weighted by atomic mass is 35.5. The molecular weight excluding hydrogens is 523 g/mol. The van der Waals surface area contributed by atoms with Crippen molar-refractivity contribution in [2.24, 2.45) is 5.41 Å². The van der Waals surface area contributed by atoms with Gasteiger partial charge < -0.3 is 14.5 Å². The lowest BCUT2D eigenvalue weighted by atomic mass is 9.83. The van der Waals surface area contributed by atoms with E-state index in [4.69, 9.17) is 32.4 Å². The van der Waals surface area contributed by atoms with Crippen LogP contribution in [0.15, 0.2) is 48.5 Å². The molecule has 37 heavy (non-hydrogen) atoms. The fourth-order valence-corrected chi connectivity index (χ4v) is 5.55. The number of carbonyl (C=O) groups excluding carboxylic acids is 1. The van der Waals surface area contributed by atoms with Gasteiger partial charge in [-0.25, -0.2) is 0 Å². The molecule has 0 aromatic heterocycles. The highest BCUT2D eigenvalue weighted by Crippen LogP contribution is 2.36. The Balaban J connectivity index is 2.11. The zero-order valence-corrected chi connectivity index (χ0v) is 24.9. The van der Waals surface area contributed by atoms with Crippen LogP contribution < -0.4 is 10.1 Å². The molecule has 1 N–H and O–H groups in total. The summed E-state index contributed by atoms with van der Waals surface area (Å²) in [5.41, 5.74) is 1.65. The molecular formula is C29H34Cl2N2O3Si. The van der Waals surface area contributed by atoms with Gasteiger partial charge in [-0.1, -0.05) is 74.3 Å². The first-order chi connectivity index (χ1) is 17.4. The van der Waals surface area contributed by atoms with Gasteiger partial charge in [0.05, 0.1) is 28.3 Å². The predicted octanol–water partition coefficient (Wildman–Crippen LogP) is 7.69. The number of rotatable bonds is 9. The first kappa shape index (κ1) is 29.0. The van der Waals surface area contributed by atoms with Gasteiger partial charge in [0.25, 0.3) is 5.91 Å². The smallest absolute Gasteiger partial charge is 0.257 e. The molecule has 0 fully saturated rings. The summed E-state index contributed by atoms with van der Waals surface area (Å²) in [6, 6.07) is 16.9. The summed E-state index contributed by atoms with van der Waals surface area (Å²) in [5.74, 6) is -0.269. The second kappa shape index (κ2) is 12.3. The summed E-state index contributed by atoms with van der Waals surface area (Å²) in [6.07, 6.45) is 1.07. The van der Waals surface area contributed by atoms with Crippen molar-refractivity contribution in [3.05, 3.63) is 75.3 Å². The Morgan fingerprint density at radius 1 is 1.11 bits per heavy atom. The monoisotopic (exact) mass is 556 g/mol. The van der Waals surface area contributed by atoms with Crippen molar-refractivity contribution in [3.8, 4) is 11.8 Å². The molecule has 0 bridgehead atoms. The molecule has 0 radical (unpaired) electrons. The Labute approximate surface area is 231 Å². The number of amides is 1. The highest BCUT2D eigenvalue weighted by molar-refractivity contribution is 6.48. The van der Waals surface area contributed by atoms with Crippen molar-refractivity contribution < 1.29 is 14.0 Å². The number of ether oxygens (including phenoxy) is 1. The molecule has 0 aliphatic rings. The average Bonchev–Trinajstić information content (AvgIpc) is 2.83. The second-order valence-corrected chi connectivity index (χ2v) is 13.8. The average molecular weight is 558 g/mol. The summed E-state index contributed by atoms with van der Waals surface area (Å²) < 4.78 is 12.0. The molecule has 0 spiro atoms. The van der Waals surface area contributed by atoms with Gasteiger partial charge in [-0.3, -0.25) is 4.79 Å². The molecule has 5 nitrogen and oxygen atoms in total. The van der Waals surface area contributed by atoms with E-state index in [2.05, 4.69) is 45.3 Å². The van der Waals surface area contributed by atoms with Crippen LogP contribution in [0.4, 0.5) is 0 Å². The van der Waals surface area contributed by atoms with Gasteiger partial charge in [0.2, 0.25) is 0 Å². The first-order valence-electron chi connectivity index (χ1n) is 12.4. The van der Waals surface area contributed by atoms with E-state index < -0.39 is 15.3 Å². The number of fused-ring (bicyclic) bond motifs is 1. The number of hydrogen-bond donors (Lipinski definition) is 1. The van der Waals surface area contributed by atoms with Gasteiger partial charge >= 0.3 is 0 Å². The number of carbonyl (C=O) groups is 1. The minimum absolute atomic E-state index is 0.0822. The van der Waals surface area contributed by atoms with E-state index in [9.17, 15) is 10.1 Å². The Morgan fingerprint density at radius 3 is 2.41 bits per heavy atom. The first-order valence-corrected chi connectivity index (χ1v) is 15.9. The molecule has 3 rings (SSSR count). The molecule has 8 heteroatoms. The summed E-state index contributed by atoms with van der Waals surface area (Å²) in [6.45, 7) is 10.7. The second-order valence-electron chi connectivity index (χ2n) is 10.6. The number of halogens is 2. The molecule has 2 unspecified atom stereocenters. The Morgan fingerprint density at radius 2 is 1.81 bits per heavy atom. The number of hydrogen-bond acceptors (Lipinski definition) is 4. The van der Waals surface area contributed by atoms with E-state index in [0.29, 0.717) is 26.6 Å². The maximum Gasteiger partial charge on any atom is 0.257 e. The molecule has 0 aliphatic heterocycles. The van der Waals surface area contributed by atoms with Crippen LogP contribution in [0.25, 0.3) is 10.8 Å². The van der Waals surface area contributed by atoms with Gasteiger partial charge in [0.15, 0.2) is 9.04 Å². The Kier molecular flexibility index (Phi) is 9.66. The molecule has 0 saturated heterocycles. The third-order valence-electron chi connectivity index (χ3n) is 6.19. The molecule has 3 aromatic rings. The number of nitrogens with zero attached hydrogens (tertiary/aromatic N) is 1. The Hall–Kier alpha value is -2.56. The summed E-state index contributed by atoms with van der Waals surface area (Å²) >= 11 is 12.6. The van der Waals surface area contributed by atoms with Gasteiger partial charge in [-0.05, 0) is 65.9 Å². The zero-order chi connectivity index (χ0) is 27.3. The van der Waals surface area contributed by atoms with Crippen LogP contribution in [0, 0.1) is 16.7 Å². The van der Waals surface area contributed by atoms with Crippen molar-refractivity contribution in [1.82, 2.24) is 5.32 Å². The van der Waals surface area contributed by atoms with Crippen LogP contribution >= 0.6 is 23.2 Å². The maximum atomic E-state index is 13.9. The van der Waals surface area contributed by atoms with Crippen LogP contribution in [0.2, 0.25) is 23.1 Å². The number of benzene rings is 3. The van der Waals surface area contributed by atoms with E-state index in [-0.39, 0.29) is 23.0 Å². The quantitative estimate of drug-likeness (QED) is 0.216. The largest absolute Gasteiger partial charge is 0.495 e. The van der Waals surface area contributed by atoms with Crippen molar-refractivity contribution in [2.75, 3.05) is 7.11 Å². The number of nitriles is 1. The summed E-state index contributed by atoms with van der Waals surface area (Å²) in [7, 11) is -0.122. The van der Waals surface area contributed by atoms with Gasteiger partial charge in [-0.2, -0.15) is 5.26 Å². The lowest BCUT2D eigenvalue weighted by molar-refractivity contribution is 0.0757. The number of methoxy groups -OCH3 is 1. The lowest BCUT2D eigenvalue weighted by Gasteiger charge is -2.32. The molecule has 0 heterocycles. The molecule has 0 aliphatic carbocycles. The maximum absolute atomic E-state index is 13.9. The third kappa shape index (κ3) is 7.27. The molecule has 2 atom stereocenters. The normalized spacial score (nSPS) is 13.3. The van der Waals surface area contributed by atoms with Crippen LogP contribution in [0.3, 0.4) is 0 Å². The topological polar surface area (TPSA) is 71.3 Å². The van der Waals surface area contributed by atoms with E-state index in [0.717, 1.165) is 23.8 Å². The fourth-order valence-electron chi connectivity index (χ4n) is 4.40. The van der Waals surface area contributed by atoms with Crippen molar-refractivity contribution in [2.45, 2.75) is 58.9 Å². The van der Waals surface area contributed by atoms with Crippen LogP contribution in [-0.4, -0.2) is 28.3 Å². The minimum Gasteiger partial charge on any atom is -0.495 e. The SMILES string of the molecule is COc1c(C#N)cc2ccccc2c1C(=O)NC(O[SiH](C)C)C(CCC(C)(C)C)c1ccc(Cl)c(Cl)c1. The zero-order valence-electron chi connectivity index (χ0n) is 22.2. The van der Waals surface area contributed by atoms with Crippen molar-refractivity contribution in [1.29, 1.82) is 5.26 Å². The molecule has 196 valence electrons. The van der Waals surface area contributed by atoms with Crippen molar-refractivity contribution >= 4 is 48.9 Å². The van der Waals surface area contributed by atoms with Gasteiger partial charge in [0, 0.05) is 5.92 Å². The van der Waals surface area contributed by atoms with Crippen LogP contribution in [0.5, 0.6) is 5.75 Å². The Bertz CT molecular complexity index is 1310. The van der Waals surface area contributed by atoms with Crippen LogP contribution in [0.1, 0.15) is 61.0 Å².